The molecule has 0 aliphatic rings. The summed E-state index contributed by atoms with van der Waals surface area (Å²) in [5.74, 6) is 0.228. The van der Waals surface area contributed by atoms with Gasteiger partial charge in [0, 0.05) is 18.5 Å². The van der Waals surface area contributed by atoms with Crippen molar-refractivity contribution >= 4 is 17.5 Å². The summed E-state index contributed by atoms with van der Waals surface area (Å²) in [6.07, 6.45) is 1.08. The standard InChI is InChI=1S/C24H23ClFNO3/c1-15-9-20(30-14-24(29)27-2)13-22(25)21(15)12-17-5-8-23(28)18(11-17)10-16-3-6-19(26)7-4-16/h3-9,11,13,28H,10,12,14H2,1-2H3,(H,27,29). The summed E-state index contributed by atoms with van der Waals surface area (Å²) in [6.45, 7) is 1.87. The maximum absolute atomic E-state index is 13.1. The van der Waals surface area contributed by atoms with E-state index in [1.807, 2.05) is 25.1 Å². The fourth-order valence-corrected chi connectivity index (χ4v) is 3.51. The average molecular weight is 428 g/mol. The molecule has 2 N–H and O–H groups in total. The molecule has 0 saturated heterocycles. The van der Waals surface area contributed by atoms with E-state index < -0.39 is 0 Å². The molecule has 0 unspecified atom stereocenters. The van der Waals surface area contributed by atoms with E-state index in [2.05, 4.69) is 5.32 Å². The molecule has 0 fully saturated rings. The van der Waals surface area contributed by atoms with Gasteiger partial charge in [-0.15, -0.1) is 0 Å². The van der Waals surface area contributed by atoms with Crippen LogP contribution >= 0.6 is 11.6 Å². The zero-order chi connectivity index (χ0) is 21.7. The van der Waals surface area contributed by atoms with Crippen LogP contribution in [0.15, 0.2) is 54.6 Å². The predicted molar refractivity (Wildman–Crippen MR) is 116 cm³/mol. The van der Waals surface area contributed by atoms with Crippen molar-refractivity contribution in [3.8, 4) is 11.5 Å². The van der Waals surface area contributed by atoms with Crippen molar-refractivity contribution < 1.29 is 19.0 Å². The Bertz CT molecular complexity index is 1030. The van der Waals surface area contributed by atoms with Crippen LogP contribution in [0.5, 0.6) is 11.5 Å². The van der Waals surface area contributed by atoms with Crippen molar-refractivity contribution in [2.75, 3.05) is 13.7 Å². The number of nitrogens with one attached hydrogen (secondary N) is 1. The van der Waals surface area contributed by atoms with Gasteiger partial charge in [-0.05, 0) is 71.5 Å². The Kier molecular flexibility index (Phi) is 6.95. The summed E-state index contributed by atoms with van der Waals surface area (Å²) in [4.78, 5) is 11.4. The second-order valence-electron chi connectivity index (χ2n) is 7.11. The second-order valence-corrected chi connectivity index (χ2v) is 7.51. The zero-order valence-electron chi connectivity index (χ0n) is 16.8. The number of amides is 1. The molecule has 0 aliphatic carbocycles. The van der Waals surface area contributed by atoms with Gasteiger partial charge in [0.1, 0.15) is 17.3 Å². The number of likely N-dealkylation sites (N-methyl/N-ethyl adjacent to an activating group) is 1. The third kappa shape index (κ3) is 5.51. The lowest BCUT2D eigenvalue weighted by Crippen LogP contribution is -2.24. The minimum atomic E-state index is -0.287. The van der Waals surface area contributed by atoms with Crippen LogP contribution in [0.25, 0.3) is 0 Å². The molecular weight excluding hydrogens is 405 g/mol. The van der Waals surface area contributed by atoms with E-state index in [1.165, 1.54) is 12.1 Å². The van der Waals surface area contributed by atoms with E-state index in [0.29, 0.717) is 23.6 Å². The predicted octanol–water partition coefficient (Wildman–Crippen LogP) is 4.80. The lowest BCUT2D eigenvalue weighted by molar-refractivity contribution is -0.122. The van der Waals surface area contributed by atoms with E-state index in [0.717, 1.165) is 27.8 Å². The van der Waals surface area contributed by atoms with Crippen molar-refractivity contribution in [2.24, 2.45) is 0 Å². The SMILES string of the molecule is CNC(=O)COc1cc(C)c(Cc2ccc(O)c(Cc3ccc(F)cc3)c2)c(Cl)c1. The van der Waals surface area contributed by atoms with Crippen LogP contribution < -0.4 is 10.1 Å². The summed E-state index contributed by atoms with van der Waals surface area (Å²) >= 11 is 6.48. The monoisotopic (exact) mass is 427 g/mol. The van der Waals surface area contributed by atoms with Gasteiger partial charge >= 0.3 is 0 Å². The summed E-state index contributed by atoms with van der Waals surface area (Å²) in [5, 5.41) is 13.3. The number of aryl methyl sites for hydroxylation is 1. The van der Waals surface area contributed by atoms with Crippen molar-refractivity contribution in [1.82, 2.24) is 5.32 Å². The van der Waals surface area contributed by atoms with Crippen LogP contribution in [-0.2, 0) is 17.6 Å². The Balaban J connectivity index is 1.78. The summed E-state index contributed by atoms with van der Waals surface area (Å²) in [5.41, 5.74) is 4.56. The molecule has 0 aromatic heterocycles. The fraction of sp³-hybridized carbons (Fsp3) is 0.208. The summed E-state index contributed by atoms with van der Waals surface area (Å²) in [6, 6.07) is 15.2. The van der Waals surface area contributed by atoms with Gasteiger partial charge in [0.05, 0.1) is 0 Å². The van der Waals surface area contributed by atoms with Crippen LogP contribution in [0.2, 0.25) is 5.02 Å². The quantitative estimate of drug-likeness (QED) is 0.569. The summed E-state index contributed by atoms with van der Waals surface area (Å²) in [7, 11) is 1.55. The highest BCUT2D eigenvalue weighted by atomic mass is 35.5. The van der Waals surface area contributed by atoms with Gasteiger partial charge in [0.25, 0.3) is 5.91 Å². The number of ether oxygens (including phenoxy) is 1. The van der Waals surface area contributed by atoms with Gasteiger partial charge in [0.2, 0.25) is 0 Å². The number of hydrogen-bond donors (Lipinski definition) is 2. The average Bonchev–Trinajstić information content (AvgIpc) is 2.72. The fourth-order valence-electron chi connectivity index (χ4n) is 3.19. The number of halogens is 2. The number of aromatic hydroxyl groups is 1. The number of carbonyl (C=O) groups is 1. The van der Waals surface area contributed by atoms with Crippen LogP contribution in [0.4, 0.5) is 4.39 Å². The lowest BCUT2D eigenvalue weighted by atomic mass is 9.96. The molecule has 0 radical (unpaired) electrons. The van der Waals surface area contributed by atoms with Crippen LogP contribution in [-0.4, -0.2) is 24.7 Å². The highest BCUT2D eigenvalue weighted by Gasteiger charge is 2.12. The van der Waals surface area contributed by atoms with Crippen LogP contribution in [0.1, 0.15) is 27.8 Å². The number of phenols is 1. The molecule has 30 heavy (non-hydrogen) atoms. The number of phenolic OH excluding ortho intramolecular Hbond substituents is 1. The molecular formula is C24H23ClFNO3. The topological polar surface area (TPSA) is 58.6 Å². The van der Waals surface area contributed by atoms with Gasteiger partial charge in [-0.1, -0.05) is 35.9 Å². The molecule has 0 bridgehead atoms. The first-order valence-corrected chi connectivity index (χ1v) is 9.91. The van der Waals surface area contributed by atoms with Gasteiger partial charge in [-0.3, -0.25) is 4.79 Å². The molecule has 3 aromatic rings. The minimum absolute atomic E-state index is 0.0731. The van der Waals surface area contributed by atoms with Crippen molar-refractivity contribution in [3.63, 3.8) is 0 Å². The molecule has 1 amide bonds. The lowest BCUT2D eigenvalue weighted by Gasteiger charge is -2.14. The Morgan fingerprint density at radius 1 is 1.07 bits per heavy atom. The van der Waals surface area contributed by atoms with E-state index in [4.69, 9.17) is 16.3 Å². The highest BCUT2D eigenvalue weighted by Crippen LogP contribution is 2.30. The first kappa shape index (κ1) is 21.7. The van der Waals surface area contributed by atoms with Crippen molar-refractivity contribution in [2.45, 2.75) is 19.8 Å². The Morgan fingerprint density at radius 2 is 1.77 bits per heavy atom. The number of rotatable bonds is 7. The Labute approximate surface area is 180 Å². The zero-order valence-corrected chi connectivity index (χ0v) is 17.6. The van der Waals surface area contributed by atoms with Gasteiger partial charge in [-0.25, -0.2) is 4.39 Å². The molecule has 6 heteroatoms. The largest absolute Gasteiger partial charge is 0.508 e. The number of benzene rings is 3. The maximum Gasteiger partial charge on any atom is 0.257 e. The number of carbonyl (C=O) groups excluding carboxylic acids is 1. The second kappa shape index (κ2) is 9.63. The van der Waals surface area contributed by atoms with Crippen LogP contribution in [0.3, 0.4) is 0 Å². The first-order chi connectivity index (χ1) is 14.4. The molecule has 3 rings (SSSR count). The van der Waals surface area contributed by atoms with E-state index in [-0.39, 0.29) is 24.1 Å². The van der Waals surface area contributed by atoms with E-state index in [9.17, 15) is 14.3 Å². The molecule has 4 nitrogen and oxygen atoms in total. The molecule has 0 heterocycles. The first-order valence-electron chi connectivity index (χ1n) is 9.53. The van der Waals surface area contributed by atoms with Crippen molar-refractivity contribution in [3.05, 3.63) is 93.3 Å². The third-order valence-electron chi connectivity index (χ3n) is 4.87. The molecule has 156 valence electrons. The molecule has 0 saturated carbocycles. The third-order valence-corrected chi connectivity index (χ3v) is 5.21. The van der Waals surface area contributed by atoms with E-state index in [1.54, 1.807) is 31.3 Å². The maximum atomic E-state index is 13.1. The van der Waals surface area contributed by atoms with Crippen molar-refractivity contribution in [1.29, 1.82) is 0 Å². The van der Waals surface area contributed by atoms with Crippen LogP contribution in [0, 0.1) is 12.7 Å². The Morgan fingerprint density at radius 3 is 2.43 bits per heavy atom. The molecule has 0 atom stereocenters. The number of hydrogen-bond acceptors (Lipinski definition) is 3. The van der Waals surface area contributed by atoms with Gasteiger partial charge < -0.3 is 15.2 Å². The van der Waals surface area contributed by atoms with E-state index >= 15 is 0 Å². The highest BCUT2D eigenvalue weighted by molar-refractivity contribution is 6.31. The normalized spacial score (nSPS) is 10.7. The molecule has 0 spiro atoms. The van der Waals surface area contributed by atoms with Gasteiger partial charge in [0.15, 0.2) is 6.61 Å². The van der Waals surface area contributed by atoms with Gasteiger partial charge in [-0.2, -0.15) is 0 Å². The minimum Gasteiger partial charge on any atom is -0.508 e. The Hall–Kier alpha value is -3.05. The molecule has 3 aromatic carbocycles. The summed E-state index contributed by atoms with van der Waals surface area (Å²) < 4.78 is 18.6. The molecule has 0 aliphatic heterocycles. The smallest absolute Gasteiger partial charge is 0.257 e.